The van der Waals surface area contributed by atoms with Crippen molar-refractivity contribution in [2.45, 2.75) is 51.2 Å². The molecule has 106 valence electrons. The van der Waals surface area contributed by atoms with E-state index in [9.17, 15) is 0 Å². The van der Waals surface area contributed by atoms with E-state index in [1.165, 1.54) is 25.7 Å². The minimum atomic E-state index is 0.338. The SMILES string of the molecule is C=C(C)CN=C(N)NC1C2CCOC2C12CCCC2. The molecule has 3 unspecified atom stereocenters. The molecule has 3 aliphatic rings. The van der Waals surface area contributed by atoms with Crippen LogP contribution >= 0.6 is 0 Å². The Morgan fingerprint density at radius 2 is 2.21 bits per heavy atom. The maximum atomic E-state index is 6.02. The third-order valence-electron chi connectivity index (χ3n) is 5.11. The van der Waals surface area contributed by atoms with Crippen LogP contribution in [0.4, 0.5) is 0 Å². The molecule has 1 heterocycles. The lowest BCUT2D eigenvalue weighted by Crippen LogP contribution is -2.69. The van der Waals surface area contributed by atoms with E-state index < -0.39 is 0 Å². The van der Waals surface area contributed by atoms with E-state index in [1.54, 1.807) is 0 Å². The summed E-state index contributed by atoms with van der Waals surface area (Å²) in [4.78, 5) is 4.36. The fraction of sp³-hybridized carbons (Fsp3) is 0.800. The topological polar surface area (TPSA) is 59.6 Å². The molecule has 0 aromatic carbocycles. The summed E-state index contributed by atoms with van der Waals surface area (Å²) in [5.41, 5.74) is 7.40. The molecule has 4 heteroatoms. The van der Waals surface area contributed by atoms with Crippen LogP contribution in [-0.4, -0.2) is 31.3 Å². The molecule has 2 aliphatic carbocycles. The van der Waals surface area contributed by atoms with Crippen molar-refractivity contribution in [2.75, 3.05) is 13.2 Å². The zero-order valence-electron chi connectivity index (χ0n) is 11.8. The largest absolute Gasteiger partial charge is 0.377 e. The molecular formula is C15H25N3O. The van der Waals surface area contributed by atoms with Crippen LogP contribution in [0.1, 0.15) is 39.0 Å². The summed E-state index contributed by atoms with van der Waals surface area (Å²) >= 11 is 0. The molecule has 0 radical (unpaired) electrons. The molecule has 3 rings (SSSR count). The first-order valence-electron chi connectivity index (χ1n) is 7.46. The number of nitrogens with two attached hydrogens (primary N) is 1. The second-order valence-corrected chi connectivity index (χ2v) is 6.46. The highest BCUT2D eigenvalue weighted by Gasteiger charge is 2.64. The standard InChI is InChI=1S/C15H25N3O/c1-10(2)9-17-14(16)18-12-11-5-8-19-13(11)15(12)6-3-4-7-15/h11-13H,1,3-9H2,2H3,(H3,16,17,18). The van der Waals surface area contributed by atoms with Crippen molar-refractivity contribution in [1.82, 2.24) is 5.32 Å². The third kappa shape index (κ3) is 2.06. The van der Waals surface area contributed by atoms with E-state index in [2.05, 4.69) is 16.9 Å². The lowest BCUT2D eigenvalue weighted by Gasteiger charge is -2.57. The first kappa shape index (κ1) is 13.0. The van der Waals surface area contributed by atoms with Gasteiger partial charge >= 0.3 is 0 Å². The molecule has 1 spiro atoms. The fourth-order valence-corrected chi connectivity index (χ4v) is 4.33. The number of nitrogens with zero attached hydrogens (tertiary/aromatic N) is 1. The number of rotatable bonds is 3. The van der Waals surface area contributed by atoms with E-state index in [1.807, 2.05) is 6.92 Å². The first-order valence-corrected chi connectivity index (χ1v) is 7.46. The van der Waals surface area contributed by atoms with Gasteiger partial charge in [-0.2, -0.15) is 0 Å². The number of ether oxygens (including phenoxy) is 1. The van der Waals surface area contributed by atoms with Crippen LogP contribution in [0.2, 0.25) is 0 Å². The second-order valence-electron chi connectivity index (χ2n) is 6.46. The minimum absolute atomic E-state index is 0.338. The number of aliphatic imine (C=N–C) groups is 1. The normalized spacial score (nSPS) is 36.1. The summed E-state index contributed by atoms with van der Waals surface area (Å²) in [5, 5.41) is 3.48. The van der Waals surface area contributed by atoms with Crippen molar-refractivity contribution in [1.29, 1.82) is 0 Å². The Bertz CT molecular complexity index is 398. The van der Waals surface area contributed by atoms with E-state index in [0.29, 0.717) is 36.0 Å². The average Bonchev–Trinajstić information content (AvgIpc) is 3.01. The van der Waals surface area contributed by atoms with Gasteiger partial charge in [-0.3, -0.25) is 0 Å². The highest BCUT2D eigenvalue weighted by Crippen LogP contribution is 2.60. The van der Waals surface area contributed by atoms with Crippen LogP contribution in [0.3, 0.4) is 0 Å². The highest BCUT2D eigenvalue weighted by molar-refractivity contribution is 5.78. The Balaban J connectivity index is 1.69. The van der Waals surface area contributed by atoms with Crippen LogP contribution in [0.15, 0.2) is 17.1 Å². The van der Waals surface area contributed by atoms with Crippen LogP contribution in [0.25, 0.3) is 0 Å². The van der Waals surface area contributed by atoms with E-state index in [-0.39, 0.29) is 0 Å². The molecule has 0 aromatic heterocycles. The quantitative estimate of drug-likeness (QED) is 0.464. The maximum absolute atomic E-state index is 6.02. The van der Waals surface area contributed by atoms with Crippen LogP contribution < -0.4 is 11.1 Å². The van der Waals surface area contributed by atoms with E-state index >= 15 is 0 Å². The molecule has 3 atom stereocenters. The Labute approximate surface area is 115 Å². The zero-order valence-corrected chi connectivity index (χ0v) is 11.8. The van der Waals surface area contributed by atoms with Crippen molar-refractivity contribution in [3.8, 4) is 0 Å². The summed E-state index contributed by atoms with van der Waals surface area (Å²) in [5.74, 6) is 1.21. The molecule has 4 nitrogen and oxygen atoms in total. The Hall–Kier alpha value is -1.03. The number of fused-ring (bicyclic) bond motifs is 2. The molecule has 1 saturated heterocycles. The summed E-state index contributed by atoms with van der Waals surface area (Å²) in [6, 6.07) is 0.469. The summed E-state index contributed by atoms with van der Waals surface area (Å²) in [6.07, 6.45) is 6.85. The van der Waals surface area contributed by atoms with E-state index in [0.717, 1.165) is 18.6 Å². The molecule has 2 saturated carbocycles. The molecular weight excluding hydrogens is 238 g/mol. The highest BCUT2D eigenvalue weighted by atomic mass is 16.5. The van der Waals surface area contributed by atoms with Gasteiger partial charge in [0, 0.05) is 24.0 Å². The van der Waals surface area contributed by atoms with Gasteiger partial charge in [0.15, 0.2) is 5.96 Å². The predicted molar refractivity (Wildman–Crippen MR) is 77.0 cm³/mol. The summed E-state index contributed by atoms with van der Waals surface area (Å²) in [7, 11) is 0. The molecule has 0 amide bonds. The smallest absolute Gasteiger partial charge is 0.189 e. The Morgan fingerprint density at radius 1 is 1.47 bits per heavy atom. The van der Waals surface area contributed by atoms with Crippen molar-refractivity contribution in [3.05, 3.63) is 12.2 Å². The van der Waals surface area contributed by atoms with Gasteiger partial charge in [0.2, 0.25) is 0 Å². The monoisotopic (exact) mass is 263 g/mol. The fourth-order valence-electron chi connectivity index (χ4n) is 4.33. The molecule has 1 aliphatic heterocycles. The predicted octanol–water partition coefficient (Wildman–Crippen LogP) is 1.81. The number of nitrogens with one attached hydrogen (secondary N) is 1. The van der Waals surface area contributed by atoms with Crippen molar-refractivity contribution in [3.63, 3.8) is 0 Å². The van der Waals surface area contributed by atoms with Gasteiger partial charge in [-0.05, 0) is 26.2 Å². The molecule has 0 aromatic rings. The average molecular weight is 263 g/mol. The second kappa shape index (κ2) is 4.82. The Kier molecular flexibility index (Phi) is 3.29. The van der Waals surface area contributed by atoms with Crippen LogP contribution in [0, 0.1) is 11.3 Å². The van der Waals surface area contributed by atoms with Gasteiger partial charge in [0.05, 0.1) is 12.6 Å². The summed E-state index contributed by atoms with van der Waals surface area (Å²) < 4.78 is 5.96. The van der Waals surface area contributed by atoms with Gasteiger partial charge in [0.25, 0.3) is 0 Å². The molecule has 3 N–H and O–H groups in total. The van der Waals surface area contributed by atoms with Crippen molar-refractivity contribution in [2.24, 2.45) is 22.1 Å². The molecule has 3 fully saturated rings. The first-order chi connectivity index (χ1) is 9.13. The van der Waals surface area contributed by atoms with Gasteiger partial charge in [-0.15, -0.1) is 0 Å². The zero-order chi connectivity index (χ0) is 13.5. The molecule has 0 bridgehead atoms. The lowest BCUT2D eigenvalue weighted by atomic mass is 9.54. The maximum Gasteiger partial charge on any atom is 0.189 e. The Morgan fingerprint density at radius 3 is 2.89 bits per heavy atom. The summed E-state index contributed by atoms with van der Waals surface area (Å²) in [6.45, 7) is 7.35. The number of guanidine groups is 1. The van der Waals surface area contributed by atoms with Crippen molar-refractivity contribution >= 4 is 5.96 Å². The number of hydrogen-bond acceptors (Lipinski definition) is 2. The van der Waals surface area contributed by atoms with E-state index in [4.69, 9.17) is 10.5 Å². The number of hydrogen-bond donors (Lipinski definition) is 2. The lowest BCUT2D eigenvalue weighted by molar-refractivity contribution is -0.124. The van der Waals surface area contributed by atoms with Crippen LogP contribution in [0.5, 0.6) is 0 Å². The van der Waals surface area contributed by atoms with Gasteiger partial charge < -0.3 is 15.8 Å². The minimum Gasteiger partial charge on any atom is -0.377 e. The van der Waals surface area contributed by atoms with Crippen LogP contribution in [-0.2, 0) is 4.74 Å². The van der Waals surface area contributed by atoms with Gasteiger partial charge in [-0.25, -0.2) is 4.99 Å². The van der Waals surface area contributed by atoms with Gasteiger partial charge in [-0.1, -0.05) is 25.0 Å². The van der Waals surface area contributed by atoms with Gasteiger partial charge in [0.1, 0.15) is 0 Å². The van der Waals surface area contributed by atoms with Crippen molar-refractivity contribution < 1.29 is 4.74 Å². The third-order valence-corrected chi connectivity index (χ3v) is 5.11. The molecule has 19 heavy (non-hydrogen) atoms.